The Bertz CT molecular complexity index is 582. The number of nitrogens with zero attached hydrogens (tertiary/aromatic N) is 1. The number of halogens is 4. The first kappa shape index (κ1) is 21.2. The molecule has 0 radical (unpaired) electrons. The van der Waals surface area contributed by atoms with E-state index in [4.69, 9.17) is 9.84 Å². The van der Waals surface area contributed by atoms with Crippen LogP contribution in [0.25, 0.3) is 0 Å². The van der Waals surface area contributed by atoms with E-state index < -0.39 is 43.0 Å². The molecule has 0 unspecified atom stereocenters. The smallest absolute Gasteiger partial charge is 0.394 e. The molecule has 1 fully saturated rings. The van der Waals surface area contributed by atoms with E-state index >= 15 is 0 Å². The zero-order chi connectivity index (χ0) is 17.7. The molecule has 1 aliphatic heterocycles. The molecule has 1 aromatic rings. The standard InChI is InChI=1S/C16H18F3NO4.ClH/c17-16(18,19)13-9-20(8-12(13)15(22)23)14(21)6-7-24-10-11-4-2-1-3-5-11;/h1-5,12-13H,6-10H2,(H,22,23);1H/t12-,13-;/m1./s1. The molecule has 2 rings (SSSR count). The number of carboxylic acid groups (broad SMARTS) is 1. The van der Waals surface area contributed by atoms with Crippen molar-refractivity contribution in [3.8, 4) is 0 Å². The molecule has 1 aromatic carbocycles. The Morgan fingerprint density at radius 2 is 1.84 bits per heavy atom. The fourth-order valence-corrected chi connectivity index (χ4v) is 2.67. The molecule has 1 aliphatic rings. The number of carboxylic acids is 1. The van der Waals surface area contributed by atoms with Gasteiger partial charge in [-0.15, -0.1) is 12.4 Å². The Balaban J connectivity index is 0.00000312. The topological polar surface area (TPSA) is 66.8 Å². The first-order valence-corrected chi connectivity index (χ1v) is 7.48. The number of hydrogen-bond donors (Lipinski definition) is 1. The van der Waals surface area contributed by atoms with Gasteiger partial charge < -0.3 is 14.7 Å². The maximum Gasteiger partial charge on any atom is 0.394 e. The van der Waals surface area contributed by atoms with Crippen LogP contribution in [0.15, 0.2) is 30.3 Å². The second-order valence-corrected chi connectivity index (χ2v) is 5.68. The number of carbonyl (C=O) groups excluding carboxylic acids is 1. The van der Waals surface area contributed by atoms with Crippen LogP contribution in [0.1, 0.15) is 12.0 Å². The van der Waals surface area contributed by atoms with Gasteiger partial charge in [-0.25, -0.2) is 0 Å². The summed E-state index contributed by atoms with van der Waals surface area (Å²) in [5.74, 6) is -5.70. The number of amides is 1. The van der Waals surface area contributed by atoms with Crippen molar-refractivity contribution < 1.29 is 32.6 Å². The van der Waals surface area contributed by atoms with Gasteiger partial charge in [0.25, 0.3) is 0 Å². The Morgan fingerprint density at radius 3 is 2.36 bits per heavy atom. The molecular formula is C16H19ClF3NO4. The summed E-state index contributed by atoms with van der Waals surface area (Å²) < 4.78 is 44.0. The maximum absolute atomic E-state index is 12.9. The number of benzene rings is 1. The monoisotopic (exact) mass is 381 g/mol. The van der Waals surface area contributed by atoms with Gasteiger partial charge in [0.05, 0.1) is 31.5 Å². The minimum Gasteiger partial charge on any atom is -0.481 e. The normalized spacial score (nSPS) is 20.2. The molecule has 5 nitrogen and oxygen atoms in total. The summed E-state index contributed by atoms with van der Waals surface area (Å²) in [7, 11) is 0. The lowest BCUT2D eigenvalue weighted by Crippen LogP contribution is -2.34. The molecule has 140 valence electrons. The zero-order valence-corrected chi connectivity index (χ0v) is 14.1. The number of ether oxygens (including phenoxy) is 1. The van der Waals surface area contributed by atoms with Gasteiger partial charge >= 0.3 is 12.1 Å². The summed E-state index contributed by atoms with van der Waals surface area (Å²) in [6.07, 6.45) is -4.72. The van der Waals surface area contributed by atoms with Crippen LogP contribution in [-0.2, 0) is 20.9 Å². The molecule has 0 saturated carbocycles. The third kappa shape index (κ3) is 5.89. The van der Waals surface area contributed by atoms with Crippen molar-refractivity contribution in [2.75, 3.05) is 19.7 Å². The van der Waals surface area contributed by atoms with Crippen LogP contribution in [0.3, 0.4) is 0 Å². The largest absolute Gasteiger partial charge is 0.481 e. The second kappa shape index (κ2) is 9.05. The minimum absolute atomic E-state index is 0. The van der Waals surface area contributed by atoms with Crippen molar-refractivity contribution in [1.82, 2.24) is 4.90 Å². The fourth-order valence-electron chi connectivity index (χ4n) is 2.67. The lowest BCUT2D eigenvalue weighted by Gasteiger charge is -2.18. The van der Waals surface area contributed by atoms with E-state index in [2.05, 4.69) is 0 Å². The lowest BCUT2D eigenvalue weighted by molar-refractivity contribution is -0.188. The van der Waals surface area contributed by atoms with E-state index in [1.807, 2.05) is 30.3 Å². The molecule has 0 aromatic heterocycles. The summed E-state index contributed by atoms with van der Waals surface area (Å²) in [5.41, 5.74) is 0.925. The van der Waals surface area contributed by atoms with Gasteiger partial charge in [0.1, 0.15) is 0 Å². The number of hydrogen-bond acceptors (Lipinski definition) is 3. The molecule has 25 heavy (non-hydrogen) atoms. The van der Waals surface area contributed by atoms with Gasteiger partial charge in [-0.3, -0.25) is 9.59 Å². The molecule has 0 aliphatic carbocycles. The SMILES string of the molecule is Cl.O=C(O)[C@@H]1CN(C(=O)CCOCc2ccccc2)C[C@H]1C(F)(F)F. The number of likely N-dealkylation sites (tertiary alicyclic amines) is 1. The van der Waals surface area contributed by atoms with E-state index in [1.165, 1.54) is 0 Å². The molecular weight excluding hydrogens is 363 g/mol. The van der Waals surface area contributed by atoms with Crippen LogP contribution in [0.2, 0.25) is 0 Å². The molecule has 1 saturated heterocycles. The molecule has 9 heteroatoms. The Hall–Kier alpha value is -1.80. The van der Waals surface area contributed by atoms with Crippen LogP contribution < -0.4 is 0 Å². The van der Waals surface area contributed by atoms with E-state index in [9.17, 15) is 22.8 Å². The van der Waals surface area contributed by atoms with E-state index in [0.29, 0.717) is 6.61 Å². The van der Waals surface area contributed by atoms with Crippen molar-refractivity contribution in [1.29, 1.82) is 0 Å². The van der Waals surface area contributed by atoms with Gasteiger partial charge in [0.15, 0.2) is 0 Å². The number of rotatable bonds is 6. The Morgan fingerprint density at radius 1 is 1.20 bits per heavy atom. The summed E-state index contributed by atoms with van der Waals surface area (Å²) in [6.45, 7) is -0.662. The highest BCUT2D eigenvalue weighted by molar-refractivity contribution is 5.85. The first-order valence-electron chi connectivity index (χ1n) is 7.48. The average Bonchev–Trinajstić information content (AvgIpc) is 2.98. The Kier molecular flexibility index (Phi) is 7.69. The number of carbonyl (C=O) groups is 2. The van der Waals surface area contributed by atoms with Gasteiger partial charge in [-0.2, -0.15) is 13.2 Å². The summed E-state index contributed by atoms with van der Waals surface area (Å²) >= 11 is 0. The van der Waals surface area contributed by atoms with Crippen LogP contribution in [0.4, 0.5) is 13.2 Å². The maximum atomic E-state index is 12.9. The molecule has 1 amide bonds. The van der Waals surface area contributed by atoms with Crippen molar-refractivity contribution in [2.45, 2.75) is 19.2 Å². The fraction of sp³-hybridized carbons (Fsp3) is 0.500. The molecule has 0 spiro atoms. The van der Waals surface area contributed by atoms with Crippen LogP contribution in [-0.4, -0.2) is 47.8 Å². The highest BCUT2D eigenvalue weighted by atomic mass is 35.5. The van der Waals surface area contributed by atoms with Gasteiger partial charge in [0, 0.05) is 13.1 Å². The predicted molar refractivity (Wildman–Crippen MR) is 85.2 cm³/mol. The summed E-state index contributed by atoms with van der Waals surface area (Å²) in [4.78, 5) is 23.9. The molecule has 2 atom stereocenters. The van der Waals surface area contributed by atoms with Gasteiger partial charge in [-0.1, -0.05) is 30.3 Å². The number of alkyl halides is 3. The van der Waals surface area contributed by atoms with Gasteiger partial charge in [0.2, 0.25) is 5.91 Å². The highest BCUT2D eigenvalue weighted by Gasteiger charge is 2.53. The molecule has 0 bridgehead atoms. The van der Waals surface area contributed by atoms with Crippen molar-refractivity contribution >= 4 is 24.3 Å². The van der Waals surface area contributed by atoms with E-state index in [1.54, 1.807) is 0 Å². The molecule has 1 heterocycles. The second-order valence-electron chi connectivity index (χ2n) is 5.68. The van der Waals surface area contributed by atoms with Crippen molar-refractivity contribution in [2.24, 2.45) is 11.8 Å². The highest BCUT2D eigenvalue weighted by Crippen LogP contribution is 2.37. The first-order chi connectivity index (χ1) is 11.3. The quantitative estimate of drug-likeness (QED) is 0.769. The van der Waals surface area contributed by atoms with Crippen molar-refractivity contribution in [3.05, 3.63) is 35.9 Å². The number of aliphatic carboxylic acids is 1. The van der Waals surface area contributed by atoms with Crippen LogP contribution >= 0.6 is 12.4 Å². The average molecular weight is 382 g/mol. The van der Waals surface area contributed by atoms with Crippen molar-refractivity contribution in [3.63, 3.8) is 0 Å². The van der Waals surface area contributed by atoms with E-state index in [0.717, 1.165) is 10.5 Å². The van der Waals surface area contributed by atoms with Crippen LogP contribution in [0, 0.1) is 11.8 Å². The lowest BCUT2D eigenvalue weighted by atomic mass is 9.96. The zero-order valence-electron chi connectivity index (χ0n) is 13.2. The molecule has 1 N–H and O–H groups in total. The summed E-state index contributed by atoms with van der Waals surface area (Å²) in [5, 5.41) is 8.92. The van der Waals surface area contributed by atoms with E-state index in [-0.39, 0.29) is 25.4 Å². The minimum atomic E-state index is -4.64. The van der Waals surface area contributed by atoms with Gasteiger partial charge in [-0.05, 0) is 5.56 Å². The predicted octanol–water partition coefficient (Wildman–Crippen LogP) is 2.74. The van der Waals surface area contributed by atoms with Crippen LogP contribution in [0.5, 0.6) is 0 Å². The summed E-state index contributed by atoms with van der Waals surface area (Å²) in [6, 6.07) is 9.26. The third-order valence-electron chi connectivity index (χ3n) is 3.98. The Labute approximate surface area is 149 Å². The third-order valence-corrected chi connectivity index (χ3v) is 3.98.